The van der Waals surface area contributed by atoms with E-state index in [2.05, 4.69) is 9.88 Å². The second kappa shape index (κ2) is 6.54. The summed E-state index contributed by atoms with van der Waals surface area (Å²) in [6.07, 6.45) is 4.87. The lowest BCUT2D eigenvalue weighted by Crippen LogP contribution is -2.36. The third kappa shape index (κ3) is 3.18. The molecule has 0 aromatic carbocycles. The molecule has 4 heterocycles. The molecule has 136 valence electrons. The Morgan fingerprint density at radius 1 is 1.32 bits per heavy atom. The van der Waals surface area contributed by atoms with Gasteiger partial charge in [-0.25, -0.2) is 13.4 Å². The van der Waals surface area contributed by atoms with Crippen molar-refractivity contribution in [3.8, 4) is 0 Å². The van der Waals surface area contributed by atoms with E-state index in [1.54, 1.807) is 11.7 Å². The zero-order chi connectivity index (χ0) is 17.6. The average molecular weight is 384 g/mol. The van der Waals surface area contributed by atoms with Gasteiger partial charge in [-0.1, -0.05) is 11.6 Å². The summed E-state index contributed by atoms with van der Waals surface area (Å²) in [6, 6.07) is 3.86. The Morgan fingerprint density at radius 3 is 2.68 bits per heavy atom. The molecule has 0 saturated carbocycles. The van der Waals surface area contributed by atoms with E-state index >= 15 is 0 Å². The molecule has 2 aromatic rings. The zero-order valence-corrected chi connectivity index (χ0v) is 15.8. The fraction of sp³-hybridized carbons (Fsp3) is 0.588. The van der Waals surface area contributed by atoms with Gasteiger partial charge in [-0.3, -0.25) is 4.90 Å². The summed E-state index contributed by atoms with van der Waals surface area (Å²) >= 11 is 6.24. The van der Waals surface area contributed by atoms with Gasteiger partial charge in [-0.2, -0.15) is 0 Å². The lowest BCUT2D eigenvalue weighted by molar-refractivity contribution is 0.0390. The number of piperidine rings is 1. The maximum Gasteiger partial charge on any atom is 0.171 e. The van der Waals surface area contributed by atoms with E-state index in [4.69, 9.17) is 16.3 Å². The van der Waals surface area contributed by atoms with Crippen LogP contribution in [-0.2, 0) is 21.1 Å². The van der Waals surface area contributed by atoms with Crippen molar-refractivity contribution in [2.75, 3.05) is 26.0 Å². The van der Waals surface area contributed by atoms with Crippen LogP contribution < -0.4 is 0 Å². The van der Waals surface area contributed by atoms with Gasteiger partial charge in [0.05, 0.1) is 11.9 Å². The number of fused-ring (bicyclic) bond motifs is 1. The zero-order valence-electron chi connectivity index (χ0n) is 14.2. The Bertz CT molecular complexity index is 888. The second-order valence-corrected chi connectivity index (χ2v) is 9.55. The Morgan fingerprint density at radius 2 is 2.08 bits per heavy atom. The van der Waals surface area contributed by atoms with Gasteiger partial charge in [0, 0.05) is 38.3 Å². The van der Waals surface area contributed by atoms with Crippen molar-refractivity contribution in [3.63, 3.8) is 0 Å². The number of likely N-dealkylation sites (tertiary alicyclic amines) is 1. The molecule has 0 amide bonds. The molecule has 2 fully saturated rings. The SMILES string of the molecule is COC1CCN(Cc2cc(Cl)nc3c2ccn3C2CCS2(=O)=O)CC1. The Hall–Kier alpha value is -1.15. The topological polar surface area (TPSA) is 64.4 Å². The molecule has 4 rings (SSSR count). The van der Waals surface area contributed by atoms with Crippen molar-refractivity contribution in [2.24, 2.45) is 0 Å². The molecule has 2 saturated heterocycles. The minimum absolute atomic E-state index is 0.249. The summed E-state index contributed by atoms with van der Waals surface area (Å²) in [4.78, 5) is 6.80. The molecule has 0 spiro atoms. The number of hydrogen-bond donors (Lipinski definition) is 0. The van der Waals surface area contributed by atoms with Crippen LogP contribution in [0.15, 0.2) is 18.3 Å². The first-order chi connectivity index (χ1) is 12.0. The minimum Gasteiger partial charge on any atom is -0.381 e. The third-order valence-corrected chi connectivity index (χ3v) is 7.67. The van der Waals surface area contributed by atoms with Gasteiger partial charge in [0.2, 0.25) is 0 Å². The van der Waals surface area contributed by atoms with Crippen LogP contribution in [-0.4, -0.2) is 54.9 Å². The quantitative estimate of drug-likeness (QED) is 0.759. The van der Waals surface area contributed by atoms with E-state index in [9.17, 15) is 8.42 Å². The first-order valence-electron chi connectivity index (χ1n) is 8.60. The normalized spacial score (nSPS) is 24.5. The lowest BCUT2D eigenvalue weighted by atomic mass is 10.1. The number of hydrogen-bond acceptors (Lipinski definition) is 5. The van der Waals surface area contributed by atoms with Crippen LogP contribution in [0.3, 0.4) is 0 Å². The average Bonchev–Trinajstić information content (AvgIpc) is 2.98. The van der Waals surface area contributed by atoms with Gasteiger partial charge in [-0.15, -0.1) is 0 Å². The van der Waals surface area contributed by atoms with Crippen molar-refractivity contribution in [1.82, 2.24) is 14.5 Å². The predicted octanol–water partition coefficient (Wildman–Crippen LogP) is 2.62. The highest BCUT2D eigenvalue weighted by Crippen LogP contribution is 2.35. The Balaban J connectivity index is 1.63. The Kier molecular flexibility index (Phi) is 4.52. The van der Waals surface area contributed by atoms with E-state index < -0.39 is 15.2 Å². The molecule has 0 radical (unpaired) electrons. The summed E-state index contributed by atoms with van der Waals surface area (Å²) in [7, 11) is -1.28. The van der Waals surface area contributed by atoms with Gasteiger partial charge in [0.1, 0.15) is 16.2 Å². The van der Waals surface area contributed by atoms with E-state index in [-0.39, 0.29) is 5.75 Å². The number of methoxy groups -OCH3 is 1. The number of rotatable bonds is 4. The standard InChI is InChI=1S/C17H22ClN3O3S/c1-24-13-2-6-20(7-3-13)11-12-10-15(18)19-17-14(12)4-8-21(17)16-5-9-25(16,22)23/h4,8,10,13,16H,2-3,5-7,9,11H2,1H3. The molecule has 0 aliphatic carbocycles. The summed E-state index contributed by atoms with van der Waals surface area (Å²) in [5.41, 5.74) is 1.77. The highest BCUT2D eigenvalue weighted by molar-refractivity contribution is 7.92. The first kappa shape index (κ1) is 17.3. The number of sulfone groups is 1. The monoisotopic (exact) mass is 383 g/mol. The van der Waals surface area contributed by atoms with Crippen LogP contribution in [0.5, 0.6) is 0 Å². The van der Waals surface area contributed by atoms with E-state index in [1.165, 1.54) is 0 Å². The van der Waals surface area contributed by atoms with E-state index in [0.29, 0.717) is 23.3 Å². The molecule has 1 unspecified atom stereocenters. The fourth-order valence-electron chi connectivity index (χ4n) is 3.80. The Labute approximate surface area is 152 Å². The third-order valence-electron chi connectivity index (χ3n) is 5.38. The maximum atomic E-state index is 12.0. The van der Waals surface area contributed by atoms with Crippen molar-refractivity contribution in [1.29, 1.82) is 0 Å². The van der Waals surface area contributed by atoms with Crippen molar-refractivity contribution in [3.05, 3.63) is 29.0 Å². The molecule has 2 aliphatic rings. The number of ether oxygens (including phenoxy) is 1. The van der Waals surface area contributed by atoms with Crippen LogP contribution >= 0.6 is 11.6 Å². The van der Waals surface area contributed by atoms with Crippen LogP contribution in [0, 0.1) is 0 Å². The molecule has 8 heteroatoms. The first-order valence-corrected chi connectivity index (χ1v) is 10.7. The van der Waals surface area contributed by atoms with Crippen LogP contribution in [0.4, 0.5) is 0 Å². The van der Waals surface area contributed by atoms with Gasteiger partial charge < -0.3 is 9.30 Å². The molecule has 25 heavy (non-hydrogen) atoms. The summed E-state index contributed by atoms with van der Waals surface area (Å²) < 4.78 is 31.2. The summed E-state index contributed by atoms with van der Waals surface area (Å²) in [5, 5.41) is 0.896. The molecule has 1 atom stereocenters. The molecular weight excluding hydrogens is 362 g/mol. The highest BCUT2D eigenvalue weighted by Gasteiger charge is 2.38. The largest absolute Gasteiger partial charge is 0.381 e. The number of aromatic nitrogens is 2. The van der Waals surface area contributed by atoms with Gasteiger partial charge in [0.15, 0.2) is 9.84 Å². The predicted molar refractivity (Wildman–Crippen MR) is 97.5 cm³/mol. The van der Waals surface area contributed by atoms with Crippen molar-refractivity contribution in [2.45, 2.75) is 37.3 Å². The van der Waals surface area contributed by atoms with Gasteiger partial charge in [-0.05, 0) is 37.0 Å². The van der Waals surface area contributed by atoms with Crippen LogP contribution in [0.2, 0.25) is 5.15 Å². The van der Waals surface area contributed by atoms with Gasteiger partial charge in [0.25, 0.3) is 0 Å². The molecule has 2 aliphatic heterocycles. The molecule has 2 aromatic heterocycles. The summed E-state index contributed by atoms with van der Waals surface area (Å²) in [5.74, 6) is 0.249. The second-order valence-electron chi connectivity index (χ2n) is 6.89. The summed E-state index contributed by atoms with van der Waals surface area (Å²) in [6.45, 7) is 2.76. The minimum atomic E-state index is -3.04. The van der Waals surface area contributed by atoms with E-state index in [1.807, 2.05) is 18.3 Å². The van der Waals surface area contributed by atoms with Crippen LogP contribution in [0.1, 0.15) is 30.2 Å². The lowest BCUT2D eigenvalue weighted by Gasteiger charge is -2.31. The number of nitrogens with zero attached hydrogens (tertiary/aromatic N) is 3. The van der Waals surface area contributed by atoms with E-state index in [0.717, 1.165) is 43.4 Å². The molecule has 0 bridgehead atoms. The van der Waals surface area contributed by atoms with Crippen molar-refractivity contribution < 1.29 is 13.2 Å². The van der Waals surface area contributed by atoms with Gasteiger partial charge >= 0.3 is 0 Å². The molecular formula is C17H22ClN3O3S. The van der Waals surface area contributed by atoms with Crippen LogP contribution in [0.25, 0.3) is 11.0 Å². The smallest absolute Gasteiger partial charge is 0.171 e. The molecule has 6 nitrogen and oxygen atoms in total. The number of pyridine rings is 1. The fourth-order valence-corrected chi connectivity index (χ4v) is 5.36. The highest BCUT2D eigenvalue weighted by atomic mass is 35.5. The number of halogens is 1. The maximum absolute atomic E-state index is 12.0. The molecule has 0 N–H and O–H groups in total. The van der Waals surface area contributed by atoms with Crippen molar-refractivity contribution >= 4 is 32.5 Å².